The number of aliphatic hydroxyl groups is 2. The standard InChI is InChI=1S/C26H30O4S2/c1-19-6-10-25(11-7-19)31-17-21(27)15-29-23-4-3-5-24(14-23)30-16-22(28)18-32-26-12-8-20(2)9-13-26/h3-14,21-22,27-28H,15-18H2,1-2H3. The van der Waals surface area contributed by atoms with E-state index >= 15 is 0 Å². The van der Waals surface area contributed by atoms with E-state index in [1.165, 1.54) is 11.1 Å². The maximum atomic E-state index is 10.2. The Morgan fingerprint density at radius 3 is 1.47 bits per heavy atom. The van der Waals surface area contributed by atoms with E-state index in [1.807, 2.05) is 18.2 Å². The predicted molar refractivity (Wildman–Crippen MR) is 133 cm³/mol. The molecule has 0 saturated carbocycles. The highest BCUT2D eigenvalue weighted by Crippen LogP contribution is 2.23. The van der Waals surface area contributed by atoms with E-state index in [-0.39, 0.29) is 13.2 Å². The summed E-state index contributed by atoms with van der Waals surface area (Å²) in [5.74, 6) is 2.38. The second-order valence-electron chi connectivity index (χ2n) is 7.65. The Kier molecular flexibility index (Phi) is 9.81. The van der Waals surface area contributed by atoms with E-state index in [1.54, 1.807) is 29.6 Å². The number of ether oxygens (including phenoxy) is 2. The number of aliphatic hydroxyl groups excluding tert-OH is 2. The molecular formula is C26H30O4S2. The van der Waals surface area contributed by atoms with Gasteiger partial charge >= 0.3 is 0 Å². The van der Waals surface area contributed by atoms with Crippen molar-refractivity contribution in [2.75, 3.05) is 24.7 Å². The maximum absolute atomic E-state index is 10.2. The van der Waals surface area contributed by atoms with Gasteiger partial charge in [0.25, 0.3) is 0 Å². The summed E-state index contributed by atoms with van der Waals surface area (Å²) >= 11 is 3.21. The van der Waals surface area contributed by atoms with Crippen molar-refractivity contribution < 1.29 is 19.7 Å². The lowest BCUT2D eigenvalue weighted by atomic mass is 10.2. The van der Waals surface area contributed by atoms with Gasteiger partial charge < -0.3 is 19.7 Å². The highest BCUT2D eigenvalue weighted by atomic mass is 32.2. The predicted octanol–water partition coefficient (Wildman–Crippen LogP) is 5.37. The van der Waals surface area contributed by atoms with E-state index in [2.05, 4.69) is 62.4 Å². The number of aryl methyl sites for hydroxylation is 2. The lowest BCUT2D eigenvalue weighted by molar-refractivity contribution is 0.122. The second kappa shape index (κ2) is 12.8. The summed E-state index contributed by atoms with van der Waals surface area (Å²) in [4.78, 5) is 2.26. The molecule has 0 amide bonds. The van der Waals surface area contributed by atoms with Crippen LogP contribution in [0.25, 0.3) is 0 Å². The van der Waals surface area contributed by atoms with Gasteiger partial charge in [0, 0.05) is 27.4 Å². The Morgan fingerprint density at radius 2 is 1.06 bits per heavy atom. The topological polar surface area (TPSA) is 58.9 Å². The first kappa shape index (κ1) is 24.5. The molecule has 0 radical (unpaired) electrons. The molecule has 170 valence electrons. The SMILES string of the molecule is Cc1ccc(SCC(O)COc2cccc(OCC(O)CSc3ccc(C)cc3)c2)cc1. The Morgan fingerprint density at radius 1 is 0.656 bits per heavy atom. The van der Waals surface area contributed by atoms with Crippen LogP contribution < -0.4 is 9.47 Å². The smallest absolute Gasteiger partial charge is 0.123 e. The van der Waals surface area contributed by atoms with Gasteiger partial charge in [-0.2, -0.15) is 0 Å². The molecular weight excluding hydrogens is 440 g/mol. The molecule has 0 aliphatic heterocycles. The lowest BCUT2D eigenvalue weighted by Crippen LogP contribution is -2.20. The fourth-order valence-corrected chi connectivity index (χ4v) is 4.41. The highest BCUT2D eigenvalue weighted by molar-refractivity contribution is 7.99. The monoisotopic (exact) mass is 470 g/mol. The fourth-order valence-electron chi connectivity index (χ4n) is 2.79. The van der Waals surface area contributed by atoms with Gasteiger partial charge in [-0.3, -0.25) is 0 Å². The number of hydrogen-bond acceptors (Lipinski definition) is 6. The van der Waals surface area contributed by atoms with Crippen molar-refractivity contribution in [3.8, 4) is 11.5 Å². The molecule has 0 aliphatic carbocycles. The van der Waals surface area contributed by atoms with Crippen LogP contribution in [0.3, 0.4) is 0 Å². The first-order valence-electron chi connectivity index (χ1n) is 10.6. The number of benzene rings is 3. The second-order valence-corrected chi connectivity index (χ2v) is 9.84. The van der Waals surface area contributed by atoms with Gasteiger partial charge in [-0.1, -0.05) is 41.5 Å². The van der Waals surface area contributed by atoms with Crippen molar-refractivity contribution in [2.45, 2.75) is 35.8 Å². The van der Waals surface area contributed by atoms with E-state index in [9.17, 15) is 10.2 Å². The maximum Gasteiger partial charge on any atom is 0.123 e. The van der Waals surface area contributed by atoms with Gasteiger partial charge in [-0.15, -0.1) is 23.5 Å². The van der Waals surface area contributed by atoms with Crippen LogP contribution in [0.4, 0.5) is 0 Å². The summed E-state index contributed by atoms with van der Waals surface area (Å²) in [6.07, 6.45) is -1.15. The summed E-state index contributed by atoms with van der Waals surface area (Å²) in [6, 6.07) is 23.8. The molecule has 0 heterocycles. The van der Waals surface area contributed by atoms with Crippen molar-refractivity contribution in [1.29, 1.82) is 0 Å². The normalized spacial score (nSPS) is 12.9. The molecule has 0 aromatic heterocycles. The minimum absolute atomic E-state index is 0.206. The van der Waals surface area contributed by atoms with Gasteiger partial charge in [0.1, 0.15) is 24.7 Å². The first-order chi connectivity index (χ1) is 15.5. The summed E-state index contributed by atoms with van der Waals surface area (Å²) in [5, 5.41) is 20.5. The zero-order chi connectivity index (χ0) is 22.8. The molecule has 4 nitrogen and oxygen atoms in total. The van der Waals surface area contributed by atoms with Crippen LogP contribution >= 0.6 is 23.5 Å². The number of thioether (sulfide) groups is 2. The van der Waals surface area contributed by atoms with Crippen molar-refractivity contribution >= 4 is 23.5 Å². The molecule has 0 fully saturated rings. The average Bonchev–Trinajstić information content (AvgIpc) is 2.81. The minimum Gasteiger partial charge on any atom is -0.491 e. The first-order valence-corrected chi connectivity index (χ1v) is 12.6. The molecule has 3 aromatic rings. The molecule has 0 bridgehead atoms. The van der Waals surface area contributed by atoms with E-state index in [4.69, 9.17) is 9.47 Å². The lowest BCUT2D eigenvalue weighted by Gasteiger charge is -2.15. The van der Waals surface area contributed by atoms with Crippen LogP contribution in [0, 0.1) is 13.8 Å². The summed E-state index contributed by atoms with van der Waals surface area (Å²) in [6.45, 7) is 4.52. The van der Waals surface area contributed by atoms with Gasteiger partial charge in [-0.05, 0) is 50.2 Å². The molecule has 0 aliphatic rings. The zero-order valence-corrected chi connectivity index (χ0v) is 20.1. The molecule has 3 rings (SSSR count). The molecule has 0 saturated heterocycles. The van der Waals surface area contributed by atoms with E-state index in [0.717, 1.165) is 9.79 Å². The van der Waals surface area contributed by atoms with Crippen molar-refractivity contribution in [3.05, 3.63) is 83.9 Å². The molecule has 2 N–H and O–H groups in total. The summed E-state index contributed by atoms with van der Waals surface area (Å²) < 4.78 is 11.5. The van der Waals surface area contributed by atoms with Gasteiger partial charge in [0.15, 0.2) is 0 Å². The zero-order valence-electron chi connectivity index (χ0n) is 18.4. The third-order valence-corrected chi connectivity index (χ3v) is 6.93. The molecule has 3 aromatic carbocycles. The van der Waals surface area contributed by atoms with E-state index < -0.39 is 12.2 Å². The van der Waals surface area contributed by atoms with Crippen molar-refractivity contribution in [3.63, 3.8) is 0 Å². The van der Waals surface area contributed by atoms with Gasteiger partial charge in [0.2, 0.25) is 0 Å². The highest BCUT2D eigenvalue weighted by Gasteiger charge is 2.09. The Hall–Kier alpha value is -2.12. The summed E-state index contributed by atoms with van der Waals surface area (Å²) in [7, 11) is 0. The van der Waals surface area contributed by atoms with Crippen LogP contribution in [-0.4, -0.2) is 47.1 Å². The number of rotatable bonds is 12. The molecule has 2 unspecified atom stereocenters. The van der Waals surface area contributed by atoms with Crippen LogP contribution in [0.1, 0.15) is 11.1 Å². The van der Waals surface area contributed by atoms with E-state index in [0.29, 0.717) is 23.0 Å². The fraction of sp³-hybridized carbons (Fsp3) is 0.308. The van der Waals surface area contributed by atoms with Crippen LogP contribution in [0.15, 0.2) is 82.6 Å². The van der Waals surface area contributed by atoms with Crippen LogP contribution in [-0.2, 0) is 0 Å². The van der Waals surface area contributed by atoms with Crippen molar-refractivity contribution in [1.82, 2.24) is 0 Å². The summed E-state index contributed by atoms with van der Waals surface area (Å²) in [5.41, 5.74) is 2.44. The largest absolute Gasteiger partial charge is 0.491 e. The molecule has 32 heavy (non-hydrogen) atoms. The molecule has 2 atom stereocenters. The van der Waals surface area contributed by atoms with Crippen LogP contribution in [0.5, 0.6) is 11.5 Å². The van der Waals surface area contributed by atoms with Crippen molar-refractivity contribution in [2.24, 2.45) is 0 Å². The minimum atomic E-state index is -0.577. The quantitative estimate of drug-likeness (QED) is 0.347. The third kappa shape index (κ3) is 8.79. The molecule has 6 heteroatoms. The Balaban J connectivity index is 1.37. The van der Waals surface area contributed by atoms with Gasteiger partial charge in [0.05, 0.1) is 12.2 Å². The third-order valence-electron chi connectivity index (χ3n) is 4.62. The average molecular weight is 471 g/mol. The Labute approximate surface area is 199 Å². The number of hydrogen-bond donors (Lipinski definition) is 2. The molecule has 0 spiro atoms. The Bertz CT molecular complexity index is 870. The van der Waals surface area contributed by atoms with Gasteiger partial charge in [-0.25, -0.2) is 0 Å². The van der Waals surface area contributed by atoms with Crippen LogP contribution in [0.2, 0.25) is 0 Å².